The summed E-state index contributed by atoms with van der Waals surface area (Å²) < 4.78 is 53.2. The van der Waals surface area contributed by atoms with Gasteiger partial charge in [-0.15, -0.1) is 0 Å². The van der Waals surface area contributed by atoms with E-state index in [4.69, 9.17) is 0 Å². The largest absolute Gasteiger partial charge is 0.345 e. The van der Waals surface area contributed by atoms with Gasteiger partial charge >= 0.3 is 11.8 Å². The Bertz CT molecular complexity index is 1050. The van der Waals surface area contributed by atoms with Gasteiger partial charge in [-0.3, -0.25) is 14.4 Å². The molecule has 0 atom stereocenters. The molecule has 1 aromatic carbocycles. The zero-order valence-electron chi connectivity index (χ0n) is 18.0. The van der Waals surface area contributed by atoms with E-state index in [0.29, 0.717) is 32.0 Å². The minimum atomic E-state index is -3.98. The number of piperazine rings is 1. The summed E-state index contributed by atoms with van der Waals surface area (Å²) in [4.78, 5) is 39.8. The number of halogens is 2. The van der Waals surface area contributed by atoms with Crippen molar-refractivity contribution in [1.29, 1.82) is 0 Å². The van der Waals surface area contributed by atoms with E-state index >= 15 is 0 Å². The van der Waals surface area contributed by atoms with Crippen LogP contribution >= 0.6 is 0 Å². The van der Waals surface area contributed by atoms with Gasteiger partial charge in [0.1, 0.15) is 0 Å². The summed E-state index contributed by atoms with van der Waals surface area (Å²) in [6.07, 6.45) is 2.40. The zero-order chi connectivity index (χ0) is 23.8. The molecule has 1 aromatic rings. The van der Waals surface area contributed by atoms with Gasteiger partial charge in [0, 0.05) is 51.2 Å². The second-order valence-corrected chi connectivity index (χ2v) is 10.6. The quantitative estimate of drug-likeness (QED) is 0.620. The first kappa shape index (κ1) is 23.6. The number of nitrogens with one attached hydrogen (secondary N) is 1. The number of carbonyl (C=O) groups is 3. The van der Waals surface area contributed by atoms with Crippen LogP contribution < -0.4 is 5.32 Å². The number of rotatable bonds is 4. The van der Waals surface area contributed by atoms with Gasteiger partial charge < -0.3 is 15.1 Å². The molecule has 0 bridgehead atoms. The Labute approximate surface area is 190 Å². The van der Waals surface area contributed by atoms with Crippen LogP contribution in [0.4, 0.5) is 8.78 Å². The van der Waals surface area contributed by atoms with Crippen molar-refractivity contribution in [3.05, 3.63) is 29.8 Å². The molecule has 2 heterocycles. The molecule has 0 spiro atoms. The van der Waals surface area contributed by atoms with Crippen molar-refractivity contribution >= 4 is 27.7 Å². The molecule has 3 amide bonds. The third-order valence-corrected chi connectivity index (χ3v) is 8.21. The number of hydrogen-bond donors (Lipinski definition) is 1. The molecule has 33 heavy (non-hydrogen) atoms. The molecule has 2 saturated heterocycles. The molecule has 1 aliphatic carbocycles. The van der Waals surface area contributed by atoms with E-state index in [-0.39, 0.29) is 48.9 Å². The standard InChI is InChI=1S/C21H26F2N4O5S/c22-17-4-3-16(13-18(17)23)33(31,32)27-7-5-14(6-8-27)20(29)25-9-11-26(12-10-25)21(30)19(28)24-15-1-2-15/h3-4,13-15H,1-2,5-12H2,(H,24,28). The average molecular weight is 485 g/mol. The van der Waals surface area contributed by atoms with Gasteiger partial charge in [-0.05, 0) is 43.9 Å². The predicted molar refractivity (Wildman–Crippen MR) is 112 cm³/mol. The number of sulfonamides is 1. The van der Waals surface area contributed by atoms with Crippen molar-refractivity contribution in [2.24, 2.45) is 5.92 Å². The van der Waals surface area contributed by atoms with E-state index in [1.807, 2.05) is 0 Å². The first-order valence-corrected chi connectivity index (χ1v) is 12.4. The highest BCUT2D eigenvalue weighted by Gasteiger charge is 2.36. The van der Waals surface area contributed by atoms with Crippen LogP contribution in [0.3, 0.4) is 0 Å². The number of carbonyl (C=O) groups excluding carboxylic acids is 3. The summed E-state index contributed by atoms with van der Waals surface area (Å²) in [6, 6.07) is 2.56. The fraction of sp³-hybridized carbons (Fsp3) is 0.571. The minimum Gasteiger partial charge on any atom is -0.345 e. The molecule has 0 aromatic heterocycles. The van der Waals surface area contributed by atoms with Crippen LogP contribution in [0.1, 0.15) is 25.7 Å². The Morgan fingerprint density at radius 3 is 2.03 bits per heavy atom. The number of amides is 3. The van der Waals surface area contributed by atoms with Crippen LogP contribution in [0.2, 0.25) is 0 Å². The van der Waals surface area contributed by atoms with Gasteiger partial charge in [-0.2, -0.15) is 4.31 Å². The Balaban J connectivity index is 1.27. The molecule has 180 valence electrons. The van der Waals surface area contributed by atoms with Crippen LogP contribution in [0.15, 0.2) is 23.1 Å². The normalized spacial score (nSPS) is 20.5. The molecule has 1 N–H and O–H groups in total. The SMILES string of the molecule is O=C(NC1CC1)C(=O)N1CCN(C(=O)C2CCN(S(=O)(=O)c3ccc(F)c(F)c3)CC2)CC1. The maximum absolute atomic E-state index is 13.5. The second kappa shape index (κ2) is 9.34. The highest BCUT2D eigenvalue weighted by atomic mass is 32.2. The summed E-state index contributed by atoms with van der Waals surface area (Å²) in [6.45, 7) is 1.36. The average Bonchev–Trinajstić information content (AvgIpc) is 3.64. The molecule has 1 saturated carbocycles. The van der Waals surface area contributed by atoms with Crippen molar-refractivity contribution in [2.45, 2.75) is 36.6 Å². The lowest BCUT2D eigenvalue weighted by Crippen LogP contribution is -2.55. The van der Waals surface area contributed by atoms with E-state index < -0.39 is 33.5 Å². The summed E-state index contributed by atoms with van der Waals surface area (Å²) in [5.41, 5.74) is 0. The van der Waals surface area contributed by atoms with Gasteiger partial charge in [-0.1, -0.05) is 0 Å². The molecule has 0 radical (unpaired) electrons. The zero-order valence-corrected chi connectivity index (χ0v) is 18.8. The summed E-state index contributed by atoms with van der Waals surface area (Å²) in [5, 5.41) is 2.67. The van der Waals surface area contributed by atoms with Gasteiger partial charge in [0.15, 0.2) is 11.6 Å². The van der Waals surface area contributed by atoms with E-state index in [2.05, 4.69) is 5.32 Å². The van der Waals surface area contributed by atoms with Crippen LogP contribution in [0, 0.1) is 17.6 Å². The van der Waals surface area contributed by atoms with Crippen LogP contribution in [-0.4, -0.2) is 85.6 Å². The van der Waals surface area contributed by atoms with Crippen LogP contribution in [-0.2, 0) is 24.4 Å². The van der Waals surface area contributed by atoms with Gasteiger partial charge in [0.2, 0.25) is 15.9 Å². The van der Waals surface area contributed by atoms with Crippen molar-refractivity contribution in [2.75, 3.05) is 39.3 Å². The molecular weight excluding hydrogens is 458 g/mol. The topological polar surface area (TPSA) is 107 Å². The number of hydrogen-bond acceptors (Lipinski definition) is 5. The predicted octanol–water partition coefficient (Wildman–Crippen LogP) is 0.315. The van der Waals surface area contributed by atoms with Gasteiger partial charge in [-0.25, -0.2) is 17.2 Å². The van der Waals surface area contributed by atoms with Crippen molar-refractivity contribution in [1.82, 2.24) is 19.4 Å². The van der Waals surface area contributed by atoms with Crippen molar-refractivity contribution in [3.8, 4) is 0 Å². The monoisotopic (exact) mass is 484 g/mol. The molecule has 9 nitrogen and oxygen atoms in total. The third kappa shape index (κ3) is 5.16. The first-order chi connectivity index (χ1) is 15.7. The summed E-state index contributed by atoms with van der Waals surface area (Å²) in [5.74, 6) is -4.00. The lowest BCUT2D eigenvalue weighted by Gasteiger charge is -2.38. The first-order valence-electron chi connectivity index (χ1n) is 11.0. The fourth-order valence-corrected chi connectivity index (χ4v) is 5.62. The molecule has 3 fully saturated rings. The van der Waals surface area contributed by atoms with E-state index in [1.54, 1.807) is 4.90 Å². The van der Waals surface area contributed by atoms with Crippen LogP contribution in [0.5, 0.6) is 0 Å². The number of benzene rings is 1. The maximum atomic E-state index is 13.5. The molecule has 0 unspecified atom stereocenters. The summed E-state index contributed by atoms with van der Waals surface area (Å²) in [7, 11) is -3.98. The van der Waals surface area contributed by atoms with E-state index in [0.717, 1.165) is 25.0 Å². The molecular formula is C21H26F2N4O5S. The lowest BCUT2D eigenvalue weighted by atomic mass is 9.96. The Kier molecular flexibility index (Phi) is 6.66. The highest BCUT2D eigenvalue weighted by Crippen LogP contribution is 2.26. The maximum Gasteiger partial charge on any atom is 0.312 e. The Morgan fingerprint density at radius 1 is 0.848 bits per heavy atom. The minimum absolute atomic E-state index is 0.0948. The molecule has 3 aliphatic rings. The molecule has 4 rings (SSSR count). The molecule has 2 aliphatic heterocycles. The third-order valence-electron chi connectivity index (χ3n) is 6.32. The smallest absolute Gasteiger partial charge is 0.312 e. The number of nitrogens with zero attached hydrogens (tertiary/aromatic N) is 3. The van der Waals surface area contributed by atoms with Gasteiger partial charge in [0.25, 0.3) is 0 Å². The second-order valence-electron chi connectivity index (χ2n) is 8.62. The van der Waals surface area contributed by atoms with Crippen molar-refractivity contribution in [3.63, 3.8) is 0 Å². The van der Waals surface area contributed by atoms with E-state index in [1.165, 1.54) is 9.21 Å². The lowest BCUT2D eigenvalue weighted by molar-refractivity contribution is -0.149. The Hall–Kier alpha value is -2.60. The highest BCUT2D eigenvalue weighted by molar-refractivity contribution is 7.89. The van der Waals surface area contributed by atoms with Gasteiger partial charge in [0.05, 0.1) is 4.90 Å². The number of piperidine rings is 1. The Morgan fingerprint density at radius 2 is 1.45 bits per heavy atom. The fourth-order valence-electron chi connectivity index (χ4n) is 4.14. The van der Waals surface area contributed by atoms with Crippen molar-refractivity contribution < 1.29 is 31.6 Å². The van der Waals surface area contributed by atoms with E-state index in [9.17, 15) is 31.6 Å². The molecule has 12 heteroatoms. The summed E-state index contributed by atoms with van der Waals surface area (Å²) >= 11 is 0. The van der Waals surface area contributed by atoms with Crippen LogP contribution in [0.25, 0.3) is 0 Å².